The molecule has 0 radical (unpaired) electrons. The lowest BCUT2D eigenvalue weighted by Gasteiger charge is -2.25. The number of benzene rings is 1. The third-order valence-electron chi connectivity index (χ3n) is 4.00. The van der Waals surface area contributed by atoms with E-state index >= 15 is 0 Å². The minimum atomic E-state index is -4.19. The molecular weight excluding hydrogens is 418 g/mol. The van der Waals surface area contributed by atoms with Crippen molar-refractivity contribution in [3.05, 3.63) is 34.4 Å². The second-order valence-corrected chi connectivity index (χ2v) is 7.79. The summed E-state index contributed by atoms with van der Waals surface area (Å²) in [5.74, 6) is -0.948. The van der Waals surface area contributed by atoms with E-state index in [0.29, 0.717) is 0 Å². The van der Waals surface area contributed by atoms with Crippen molar-refractivity contribution in [3.63, 3.8) is 0 Å². The van der Waals surface area contributed by atoms with Gasteiger partial charge < -0.3 is 14.8 Å². The molecule has 1 aromatic carbocycles. The maximum atomic E-state index is 12.6. The standard InChI is InChI=1S/C12H16N2O6S.C6H13NO2/c1-4-13(9(2)12(15)20-3)21(18,19)11-8-6-5-7-10(11)14(16)17;1-4-7-5(2)6(8)9-3/h5-9H,4H2,1-3H3;5,7H,4H2,1-3H3. The first kappa shape index (κ1) is 27.4. The molecule has 0 saturated carbocycles. The molecule has 0 saturated heterocycles. The molecule has 0 amide bonds. The van der Waals surface area contributed by atoms with Gasteiger partial charge in [0, 0.05) is 12.6 Å². The number of nitro benzene ring substituents is 1. The van der Waals surface area contributed by atoms with E-state index in [4.69, 9.17) is 0 Å². The number of ether oxygens (including phenoxy) is 2. The molecule has 0 fully saturated rings. The van der Waals surface area contributed by atoms with E-state index in [2.05, 4.69) is 14.8 Å². The quantitative estimate of drug-likeness (QED) is 0.336. The number of hydrogen-bond donors (Lipinski definition) is 1. The van der Waals surface area contributed by atoms with Gasteiger partial charge in [-0.25, -0.2) is 8.42 Å². The van der Waals surface area contributed by atoms with Crippen LogP contribution in [0.5, 0.6) is 0 Å². The predicted octanol–water partition coefficient (Wildman–Crippen LogP) is 1.32. The molecule has 0 aliphatic rings. The highest BCUT2D eigenvalue weighted by atomic mass is 32.2. The van der Waals surface area contributed by atoms with Crippen molar-refractivity contribution in [2.24, 2.45) is 0 Å². The van der Waals surface area contributed by atoms with Crippen molar-refractivity contribution in [2.45, 2.75) is 44.7 Å². The lowest BCUT2D eigenvalue weighted by Crippen LogP contribution is -2.43. The number of nitrogens with zero attached hydrogens (tertiary/aromatic N) is 2. The third-order valence-corrected chi connectivity index (χ3v) is 6.09. The second-order valence-electron chi connectivity index (χ2n) is 5.93. The highest BCUT2D eigenvalue weighted by Gasteiger charge is 2.36. The van der Waals surface area contributed by atoms with Crippen LogP contribution in [0.1, 0.15) is 27.7 Å². The van der Waals surface area contributed by atoms with E-state index < -0.39 is 37.5 Å². The summed E-state index contributed by atoms with van der Waals surface area (Å²) in [5, 5.41) is 13.9. The number of nitrogens with one attached hydrogen (secondary N) is 1. The monoisotopic (exact) mass is 447 g/mol. The van der Waals surface area contributed by atoms with Crippen LogP contribution in [0.3, 0.4) is 0 Å². The zero-order chi connectivity index (χ0) is 23.5. The van der Waals surface area contributed by atoms with E-state index in [-0.39, 0.29) is 18.6 Å². The van der Waals surface area contributed by atoms with Crippen molar-refractivity contribution >= 4 is 27.6 Å². The van der Waals surface area contributed by atoms with Crippen LogP contribution in [-0.4, -0.2) is 69.0 Å². The zero-order valence-electron chi connectivity index (χ0n) is 17.9. The molecule has 2 unspecified atom stereocenters. The Balaban J connectivity index is 0.000000787. The van der Waals surface area contributed by atoms with E-state index in [1.807, 2.05) is 6.92 Å². The van der Waals surface area contributed by atoms with E-state index in [1.54, 1.807) is 6.92 Å². The molecular formula is C18H29N3O8S. The Hall–Kier alpha value is -2.57. The lowest BCUT2D eigenvalue weighted by atomic mass is 10.3. The average molecular weight is 448 g/mol. The summed E-state index contributed by atoms with van der Waals surface area (Å²) in [6.07, 6.45) is 0. The van der Waals surface area contributed by atoms with Crippen LogP contribution >= 0.6 is 0 Å². The topological polar surface area (TPSA) is 145 Å². The predicted molar refractivity (Wildman–Crippen MR) is 109 cm³/mol. The lowest BCUT2D eigenvalue weighted by molar-refractivity contribution is -0.387. The fraction of sp³-hybridized carbons (Fsp3) is 0.556. The summed E-state index contributed by atoms with van der Waals surface area (Å²) >= 11 is 0. The van der Waals surface area contributed by atoms with Gasteiger partial charge in [-0.15, -0.1) is 0 Å². The Labute approximate surface area is 176 Å². The van der Waals surface area contributed by atoms with E-state index in [0.717, 1.165) is 30.1 Å². The Morgan fingerprint density at radius 2 is 1.67 bits per heavy atom. The van der Waals surface area contributed by atoms with Crippen molar-refractivity contribution < 1.29 is 32.4 Å². The first-order valence-electron chi connectivity index (χ1n) is 9.13. The molecule has 170 valence electrons. The number of methoxy groups -OCH3 is 2. The van der Waals surface area contributed by atoms with Gasteiger partial charge in [0.25, 0.3) is 15.7 Å². The summed E-state index contributed by atoms with van der Waals surface area (Å²) < 4.78 is 35.0. The molecule has 1 aromatic rings. The van der Waals surface area contributed by atoms with Crippen LogP contribution in [0.15, 0.2) is 29.2 Å². The van der Waals surface area contributed by atoms with Crippen LogP contribution < -0.4 is 5.32 Å². The number of sulfonamides is 1. The molecule has 0 aromatic heterocycles. The fourth-order valence-electron chi connectivity index (χ4n) is 2.46. The van der Waals surface area contributed by atoms with Gasteiger partial charge in [0.15, 0.2) is 4.90 Å². The molecule has 30 heavy (non-hydrogen) atoms. The summed E-state index contributed by atoms with van der Waals surface area (Å²) in [5.41, 5.74) is -0.534. The normalized spacial score (nSPS) is 12.9. The van der Waals surface area contributed by atoms with Crippen molar-refractivity contribution in [2.75, 3.05) is 27.3 Å². The van der Waals surface area contributed by atoms with Crippen molar-refractivity contribution in [1.82, 2.24) is 9.62 Å². The van der Waals surface area contributed by atoms with Crippen molar-refractivity contribution in [1.29, 1.82) is 0 Å². The number of esters is 2. The molecule has 11 nitrogen and oxygen atoms in total. The number of carbonyl (C=O) groups is 2. The molecule has 1 rings (SSSR count). The molecule has 0 aliphatic heterocycles. The van der Waals surface area contributed by atoms with Crippen LogP contribution in [-0.2, 0) is 29.1 Å². The zero-order valence-corrected chi connectivity index (χ0v) is 18.8. The average Bonchev–Trinajstić information content (AvgIpc) is 2.73. The Kier molecular flexibility index (Phi) is 11.8. The summed E-state index contributed by atoms with van der Waals surface area (Å²) in [7, 11) is -1.66. The maximum absolute atomic E-state index is 12.6. The Morgan fingerprint density at radius 1 is 1.13 bits per heavy atom. The maximum Gasteiger partial charge on any atom is 0.323 e. The molecule has 0 heterocycles. The van der Waals surface area contributed by atoms with Crippen LogP contribution in [0.4, 0.5) is 5.69 Å². The number of hydrogen-bond acceptors (Lipinski definition) is 9. The second kappa shape index (κ2) is 12.9. The Bertz CT molecular complexity index is 828. The summed E-state index contributed by atoms with van der Waals surface area (Å²) in [4.78, 5) is 31.9. The number of para-hydroxylation sites is 1. The number of nitro groups is 1. The SMILES string of the molecule is CCN(C(C)C(=O)OC)S(=O)(=O)c1ccccc1[N+](=O)[O-].CCNC(C)C(=O)OC. The van der Waals surface area contributed by atoms with E-state index in [1.165, 1.54) is 33.1 Å². The molecule has 0 spiro atoms. The van der Waals surface area contributed by atoms with Crippen molar-refractivity contribution in [3.8, 4) is 0 Å². The van der Waals surface area contributed by atoms with Crippen LogP contribution in [0.25, 0.3) is 0 Å². The van der Waals surface area contributed by atoms with Crippen LogP contribution in [0, 0.1) is 10.1 Å². The fourth-order valence-corrected chi connectivity index (χ4v) is 4.21. The summed E-state index contributed by atoms with van der Waals surface area (Å²) in [6.45, 7) is 7.38. The smallest absolute Gasteiger partial charge is 0.323 e. The van der Waals surface area contributed by atoms with Gasteiger partial charge >= 0.3 is 11.9 Å². The third kappa shape index (κ3) is 7.35. The van der Waals surface area contributed by atoms with Gasteiger partial charge in [-0.1, -0.05) is 26.0 Å². The number of carbonyl (C=O) groups excluding carboxylic acids is 2. The van der Waals surface area contributed by atoms with E-state index in [9.17, 15) is 28.1 Å². The highest BCUT2D eigenvalue weighted by Crippen LogP contribution is 2.27. The van der Waals surface area contributed by atoms with Crippen LogP contribution in [0.2, 0.25) is 0 Å². The van der Waals surface area contributed by atoms with Gasteiger partial charge in [-0.2, -0.15) is 4.31 Å². The van der Waals surface area contributed by atoms with Gasteiger partial charge in [0.05, 0.1) is 19.1 Å². The largest absolute Gasteiger partial charge is 0.468 e. The first-order chi connectivity index (χ1) is 14.0. The van der Waals surface area contributed by atoms with Gasteiger partial charge in [0.1, 0.15) is 12.1 Å². The first-order valence-corrected chi connectivity index (χ1v) is 10.6. The highest BCUT2D eigenvalue weighted by molar-refractivity contribution is 7.89. The molecule has 2 atom stereocenters. The number of likely N-dealkylation sites (N-methyl/N-ethyl adjacent to an activating group) is 2. The molecule has 0 bridgehead atoms. The molecule has 0 aliphatic carbocycles. The Morgan fingerprint density at radius 3 is 2.10 bits per heavy atom. The number of rotatable bonds is 9. The minimum Gasteiger partial charge on any atom is -0.468 e. The molecule has 12 heteroatoms. The van der Waals surface area contributed by atoms with Gasteiger partial charge in [-0.3, -0.25) is 19.7 Å². The van der Waals surface area contributed by atoms with Gasteiger partial charge in [-0.05, 0) is 26.5 Å². The molecule has 1 N–H and O–H groups in total. The summed E-state index contributed by atoms with van der Waals surface area (Å²) in [6, 6.07) is 3.74. The minimum absolute atomic E-state index is 0.0232. The van der Waals surface area contributed by atoms with Gasteiger partial charge in [0.2, 0.25) is 0 Å².